The molecular formula is C8H15NO3. The van der Waals surface area contributed by atoms with Crippen LogP contribution in [0.15, 0.2) is 0 Å². The van der Waals surface area contributed by atoms with Gasteiger partial charge in [0.15, 0.2) is 5.72 Å². The van der Waals surface area contributed by atoms with Gasteiger partial charge in [-0.15, -0.1) is 0 Å². The SMILES string of the molecule is CCN1[C@@H]2C(O)[C@@H](C)OCC21O. The van der Waals surface area contributed by atoms with Crippen molar-refractivity contribution in [2.45, 2.75) is 37.8 Å². The fraction of sp³-hybridized carbons (Fsp3) is 1.00. The number of aliphatic hydroxyl groups excluding tert-OH is 1. The summed E-state index contributed by atoms with van der Waals surface area (Å²) in [5.41, 5.74) is -0.874. The van der Waals surface area contributed by atoms with E-state index >= 15 is 0 Å². The van der Waals surface area contributed by atoms with E-state index in [2.05, 4.69) is 0 Å². The van der Waals surface area contributed by atoms with E-state index in [1.54, 1.807) is 0 Å². The Bertz CT molecular complexity index is 197. The van der Waals surface area contributed by atoms with Crippen LogP contribution in [-0.2, 0) is 4.74 Å². The third kappa shape index (κ3) is 0.864. The monoisotopic (exact) mass is 173 g/mol. The fourth-order valence-electron chi connectivity index (χ4n) is 2.11. The number of fused-ring (bicyclic) bond motifs is 1. The van der Waals surface area contributed by atoms with Crippen LogP contribution in [0.4, 0.5) is 0 Å². The van der Waals surface area contributed by atoms with Crippen molar-refractivity contribution in [3.63, 3.8) is 0 Å². The molecular weight excluding hydrogens is 158 g/mol. The maximum absolute atomic E-state index is 9.84. The Labute approximate surface area is 71.7 Å². The van der Waals surface area contributed by atoms with Crippen molar-refractivity contribution >= 4 is 0 Å². The first-order chi connectivity index (χ1) is 5.61. The fourth-order valence-corrected chi connectivity index (χ4v) is 2.11. The van der Waals surface area contributed by atoms with Gasteiger partial charge in [-0.25, -0.2) is 0 Å². The molecule has 0 spiro atoms. The van der Waals surface area contributed by atoms with Gasteiger partial charge in [-0.1, -0.05) is 6.92 Å². The minimum atomic E-state index is -0.874. The Kier molecular flexibility index (Phi) is 1.70. The van der Waals surface area contributed by atoms with Gasteiger partial charge in [0, 0.05) is 0 Å². The van der Waals surface area contributed by atoms with Crippen molar-refractivity contribution in [2.24, 2.45) is 0 Å². The second kappa shape index (κ2) is 2.42. The van der Waals surface area contributed by atoms with Crippen LogP contribution in [0.25, 0.3) is 0 Å². The molecule has 2 aliphatic rings. The maximum atomic E-state index is 9.84. The average molecular weight is 173 g/mol. The predicted octanol–water partition coefficient (Wildman–Crippen LogP) is -0.841. The molecule has 0 aromatic rings. The molecule has 2 fully saturated rings. The topological polar surface area (TPSA) is 52.7 Å². The highest BCUT2D eigenvalue weighted by Crippen LogP contribution is 2.45. The molecule has 0 radical (unpaired) electrons. The van der Waals surface area contributed by atoms with Gasteiger partial charge in [0.05, 0.1) is 24.9 Å². The highest BCUT2D eigenvalue weighted by molar-refractivity contribution is 5.15. The van der Waals surface area contributed by atoms with Crippen LogP contribution in [0.2, 0.25) is 0 Å². The number of ether oxygens (including phenoxy) is 1. The molecule has 0 bridgehead atoms. The molecule has 0 aliphatic carbocycles. The molecule has 2 saturated heterocycles. The van der Waals surface area contributed by atoms with Gasteiger partial charge in [-0.05, 0) is 13.5 Å². The van der Waals surface area contributed by atoms with E-state index in [4.69, 9.17) is 4.74 Å². The van der Waals surface area contributed by atoms with Crippen LogP contribution in [0.3, 0.4) is 0 Å². The van der Waals surface area contributed by atoms with Crippen molar-refractivity contribution in [1.82, 2.24) is 4.90 Å². The number of aliphatic hydroxyl groups is 2. The Morgan fingerprint density at radius 3 is 2.92 bits per heavy atom. The summed E-state index contributed by atoms with van der Waals surface area (Å²) >= 11 is 0. The second-order valence-corrected chi connectivity index (χ2v) is 3.62. The first-order valence-electron chi connectivity index (χ1n) is 4.40. The minimum absolute atomic E-state index is 0.105. The summed E-state index contributed by atoms with van der Waals surface area (Å²) in [5.74, 6) is 0. The van der Waals surface area contributed by atoms with E-state index in [0.29, 0.717) is 6.61 Å². The van der Waals surface area contributed by atoms with E-state index in [9.17, 15) is 10.2 Å². The van der Waals surface area contributed by atoms with Crippen LogP contribution in [0.5, 0.6) is 0 Å². The number of hydrogen-bond acceptors (Lipinski definition) is 4. The van der Waals surface area contributed by atoms with Crippen LogP contribution >= 0.6 is 0 Å². The zero-order chi connectivity index (χ0) is 8.93. The van der Waals surface area contributed by atoms with Crippen LogP contribution in [-0.4, -0.2) is 52.2 Å². The van der Waals surface area contributed by atoms with Crippen molar-refractivity contribution < 1.29 is 14.9 Å². The van der Waals surface area contributed by atoms with Gasteiger partial charge in [-0.3, -0.25) is 4.90 Å². The van der Waals surface area contributed by atoms with Crippen LogP contribution < -0.4 is 0 Å². The smallest absolute Gasteiger partial charge is 0.160 e. The van der Waals surface area contributed by atoms with Gasteiger partial charge in [0.1, 0.15) is 0 Å². The first kappa shape index (κ1) is 8.44. The normalized spacial score (nSPS) is 58.0. The molecule has 4 nitrogen and oxygen atoms in total. The van der Waals surface area contributed by atoms with Crippen molar-refractivity contribution in [1.29, 1.82) is 0 Å². The summed E-state index contributed by atoms with van der Waals surface area (Å²) in [7, 11) is 0. The standard InChI is InChI=1S/C8H15NO3/c1-3-9-7-6(10)5(2)12-4-8(7,9)11/h5-7,10-11H,3-4H2,1-2H3/t5-,6?,7-,8?,9?/m1/s1. The zero-order valence-corrected chi connectivity index (χ0v) is 7.40. The van der Waals surface area contributed by atoms with Crippen LogP contribution in [0, 0.1) is 0 Å². The van der Waals surface area contributed by atoms with Gasteiger partial charge < -0.3 is 14.9 Å². The molecule has 0 aromatic carbocycles. The molecule has 12 heavy (non-hydrogen) atoms. The molecule has 4 heteroatoms. The summed E-state index contributed by atoms with van der Waals surface area (Å²) in [4.78, 5) is 1.86. The minimum Gasteiger partial charge on any atom is -0.389 e. The molecule has 0 amide bonds. The molecule has 0 aromatic heterocycles. The Balaban J connectivity index is 2.12. The first-order valence-corrected chi connectivity index (χ1v) is 4.40. The highest BCUT2D eigenvalue weighted by atomic mass is 16.5. The zero-order valence-electron chi connectivity index (χ0n) is 7.40. The van der Waals surface area contributed by atoms with Crippen molar-refractivity contribution in [3.05, 3.63) is 0 Å². The molecule has 2 N–H and O–H groups in total. The number of nitrogens with zero attached hydrogens (tertiary/aromatic N) is 1. The Morgan fingerprint density at radius 1 is 1.67 bits per heavy atom. The quantitative estimate of drug-likeness (QED) is 0.508. The third-order valence-electron chi connectivity index (χ3n) is 2.94. The van der Waals surface area contributed by atoms with Gasteiger partial charge >= 0.3 is 0 Å². The summed E-state index contributed by atoms with van der Waals surface area (Å²) in [6.07, 6.45) is -0.712. The lowest BCUT2D eigenvalue weighted by Gasteiger charge is -2.25. The third-order valence-corrected chi connectivity index (χ3v) is 2.94. The summed E-state index contributed by atoms with van der Waals surface area (Å²) in [6.45, 7) is 4.88. The Hall–Kier alpha value is -0.160. The van der Waals surface area contributed by atoms with Crippen molar-refractivity contribution in [3.8, 4) is 0 Å². The molecule has 3 unspecified atom stereocenters. The van der Waals surface area contributed by atoms with Crippen molar-refractivity contribution in [2.75, 3.05) is 13.2 Å². The summed E-state index contributed by atoms with van der Waals surface area (Å²) < 4.78 is 5.24. The highest BCUT2D eigenvalue weighted by Gasteiger charge is 2.67. The lowest BCUT2D eigenvalue weighted by Crippen LogP contribution is -2.43. The average Bonchev–Trinajstić information content (AvgIpc) is 2.65. The molecule has 2 rings (SSSR count). The van der Waals surface area contributed by atoms with Gasteiger partial charge in [0.2, 0.25) is 0 Å². The summed E-state index contributed by atoms with van der Waals surface area (Å²) in [5, 5.41) is 19.5. The van der Waals surface area contributed by atoms with Crippen LogP contribution in [0.1, 0.15) is 13.8 Å². The molecule has 2 aliphatic heterocycles. The van der Waals surface area contributed by atoms with E-state index in [1.807, 2.05) is 18.7 Å². The maximum Gasteiger partial charge on any atom is 0.160 e. The molecule has 70 valence electrons. The Morgan fingerprint density at radius 2 is 2.33 bits per heavy atom. The van der Waals surface area contributed by atoms with E-state index in [1.165, 1.54) is 0 Å². The number of hydrogen-bond donors (Lipinski definition) is 2. The molecule has 0 saturated carbocycles. The second-order valence-electron chi connectivity index (χ2n) is 3.62. The lowest BCUT2D eigenvalue weighted by molar-refractivity contribution is -0.109. The summed E-state index contributed by atoms with van der Waals surface area (Å²) in [6, 6.07) is -0.105. The molecule has 5 atom stereocenters. The van der Waals surface area contributed by atoms with E-state index in [0.717, 1.165) is 6.54 Å². The predicted molar refractivity (Wildman–Crippen MR) is 42.5 cm³/mol. The van der Waals surface area contributed by atoms with E-state index < -0.39 is 11.8 Å². The van der Waals surface area contributed by atoms with Gasteiger partial charge in [-0.2, -0.15) is 0 Å². The largest absolute Gasteiger partial charge is 0.389 e. The van der Waals surface area contributed by atoms with E-state index in [-0.39, 0.29) is 12.1 Å². The molecule has 2 heterocycles. The number of likely N-dealkylation sites (N-methyl/N-ethyl adjacent to an activating group) is 1. The lowest BCUT2D eigenvalue weighted by atomic mass is 10.1. The van der Waals surface area contributed by atoms with Gasteiger partial charge in [0.25, 0.3) is 0 Å². The number of rotatable bonds is 1.